The van der Waals surface area contributed by atoms with Crippen LogP contribution in [0, 0.1) is 6.92 Å². The second-order valence-electron chi connectivity index (χ2n) is 12.9. The summed E-state index contributed by atoms with van der Waals surface area (Å²) in [5.41, 5.74) is 7.11. The predicted octanol–water partition coefficient (Wildman–Crippen LogP) is 7.83. The number of carbonyl (C=O) groups is 1. The van der Waals surface area contributed by atoms with E-state index in [0.29, 0.717) is 19.6 Å². The van der Waals surface area contributed by atoms with Crippen molar-refractivity contribution in [3.63, 3.8) is 0 Å². The molecule has 0 amide bonds. The van der Waals surface area contributed by atoms with Crippen molar-refractivity contribution in [2.75, 3.05) is 13.2 Å². The van der Waals surface area contributed by atoms with Crippen molar-refractivity contribution in [1.29, 1.82) is 0 Å². The molecule has 2 atom stereocenters. The van der Waals surface area contributed by atoms with Crippen LogP contribution >= 0.6 is 0 Å². The largest absolute Gasteiger partial charge is 0.508 e. The molecule has 1 aliphatic rings. The Labute approximate surface area is 235 Å². The van der Waals surface area contributed by atoms with E-state index in [2.05, 4.69) is 127 Å². The number of benzene rings is 3. The summed E-state index contributed by atoms with van der Waals surface area (Å²) >= 11 is 0. The molecular formula is C35H45NO3. The Hall–Kier alpha value is -3.11. The average molecular weight is 528 g/mol. The highest BCUT2D eigenvalue weighted by molar-refractivity contribution is 5.60. The van der Waals surface area contributed by atoms with Crippen LogP contribution < -0.4 is 5.32 Å². The second-order valence-corrected chi connectivity index (χ2v) is 12.9. The highest BCUT2D eigenvalue weighted by Crippen LogP contribution is 2.46. The molecule has 0 aliphatic carbocycles. The molecule has 1 aliphatic heterocycles. The Kier molecular flexibility index (Phi) is 8.28. The van der Waals surface area contributed by atoms with Crippen molar-refractivity contribution in [2.24, 2.45) is 0 Å². The smallest absolute Gasteiger partial charge is 0.435 e. The van der Waals surface area contributed by atoms with Gasteiger partial charge in [0.25, 0.3) is 0 Å². The lowest BCUT2D eigenvalue weighted by Gasteiger charge is -2.42. The third-order valence-corrected chi connectivity index (χ3v) is 8.06. The molecule has 0 aromatic heterocycles. The molecule has 1 heterocycles. The van der Waals surface area contributed by atoms with E-state index in [-0.39, 0.29) is 23.0 Å². The normalized spacial score (nSPS) is 18.2. The molecule has 1 N–H and O–H groups in total. The summed E-state index contributed by atoms with van der Waals surface area (Å²) in [6, 6.07) is 27.1. The number of carbonyl (C=O) groups excluding carboxylic acids is 1. The van der Waals surface area contributed by atoms with E-state index >= 15 is 0 Å². The number of nitrogens with one attached hydrogen (secondary N) is 1. The van der Waals surface area contributed by atoms with Gasteiger partial charge < -0.3 is 14.8 Å². The molecular weight excluding hydrogens is 482 g/mol. The minimum Gasteiger partial charge on any atom is -0.435 e. The van der Waals surface area contributed by atoms with Crippen LogP contribution in [-0.4, -0.2) is 31.5 Å². The zero-order valence-corrected chi connectivity index (χ0v) is 24.9. The fourth-order valence-electron chi connectivity index (χ4n) is 5.80. The molecule has 3 aromatic carbocycles. The number of hydrogen-bond acceptors (Lipinski definition) is 4. The Bertz CT molecular complexity index is 1190. The molecule has 3 aromatic rings. The third kappa shape index (κ3) is 6.06. The Morgan fingerprint density at radius 1 is 0.744 bits per heavy atom. The SMILES string of the molecule is CCOC(=O)O[C@H]1CNC(C(c2ccc(C)cc2)(c2ccc(C(C)(C)C)cc2)c2ccc(C(C)(C)C)cc2)C1. The lowest BCUT2D eigenvalue weighted by atomic mass is 9.63. The van der Waals surface area contributed by atoms with Gasteiger partial charge in [-0.15, -0.1) is 0 Å². The van der Waals surface area contributed by atoms with E-state index in [0.717, 1.165) is 0 Å². The molecule has 4 rings (SSSR count). The number of rotatable bonds is 6. The average Bonchev–Trinajstić information content (AvgIpc) is 3.33. The van der Waals surface area contributed by atoms with E-state index in [9.17, 15) is 4.79 Å². The Morgan fingerprint density at radius 3 is 1.56 bits per heavy atom. The first-order chi connectivity index (χ1) is 18.4. The maximum Gasteiger partial charge on any atom is 0.508 e. The fourth-order valence-corrected chi connectivity index (χ4v) is 5.80. The van der Waals surface area contributed by atoms with Gasteiger partial charge in [0.2, 0.25) is 0 Å². The van der Waals surface area contributed by atoms with E-state index in [4.69, 9.17) is 9.47 Å². The van der Waals surface area contributed by atoms with Crippen molar-refractivity contribution in [3.8, 4) is 0 Å². The second kappa shape index (κ2) is 11.2. The van der Waals surface area contributed by atoms with E-state index in [1.165, 1.54) is 33.4 Å². The van der Waals surface area contributed by atoms with Crippen molar-refractivity contribution in [3.05, 3.63) is 106 Å². The van der Waals surface area contributed by atoms with Crippen LogP contribution in [0.3, 0.4) is 0 Å². The summed E-state index contributed by atoms with van der Waals surface area (Å²) in [6.07, 6.45) is -0.189. The minimum absolute atomic E-state index is 0.000561. The number of hydrogen-bond donors (Lipinski definition) is 1. The van der Waals surface area contributed by atoms with Gasteiger partial charge in [-0.3, -0.25) is 0 Å². The Balaban J connectivity index is 1.91. The topological polar surface area (TPSA) is 47.6 Å². The highest BCUT2D eigenvalue weighted by atomic mass is 16.7. The van der Waals surface area contributed by atoms with Crippen LogP contribution in [-0.2, 0) is 25.7 Å². The minimum atomic E-state index is -0.602. The van der Waals surface area contributed by atoms with Gasteiger partial charge in [-0.05, 0) is 52.5 Å². The molecule has 4 nitrogen and oxygen atoms in total. The fraction of sp³-hybridized carbons (Fsp3) is 0.457. The molecule has 0 radical (unpaired) electrons. The van der Waals surface area contributed by atoms with Gasteiger partial charge in [-0.1, -0.05) is 120 Å². The summed E-state index contributed by atoms with van der Waals surface area (Å²) in [6.45, 7) is 18.3. The van der Waals surface area contributed by atoms with Gasteiger partial charge >= 0.3 is 6.16 Å². The Morgan fingerprint density at radius 2 is 1.15 bits per heavy atom. The van der Waals surface area contributed by atoms with Crippen LogP contribution in [0.5, 0.6) is 0 Å². The number of ether oxygens (including phenoxy) is 2. The molecule has 1 saturated heterocycles. The monoisotopic (exact) mass is 527 g/mol. The summed E-state index contributed by atoms with van der Waals surface area (Å²) in [5, 5.41) is 3.76. The van der Waals surface area contributed by atoms with Crippen LogP contribution in [0.4, 0.5) is 4.79 Å². The van der Waals surface area contributed by atoms with Gasteiger partial charge in [0.1, 0.15) is 6.10 Å². The molecule has 0 spiro atoms. The highest BCUT2D eigenvalue weighted by Gasteiger charge is 2.48. The summed E-state index contributed by atoms with van der Waals surface area (Å²) < 4.78 is 10.8. The zero-order valence-electron chi connectivity index (χ0n) is 24.9. The molecule has 4 heteroatoms. The van der Waals surface area contributed by atoms with Crippen LogP contribution in [0.15, 0.2) is 72.8 Å². The van der Waals surface area contributed by atoms with E-state index in [1.54, 1.807) is 6.92 Å². The third-order valence-electron chi connectivity index (χ3n) is 8.06. The lowest BCUT2D eigenvalue weighted by molar-refractivity contribution is 0.0315. The molecule has 1 unspecified atom stereocenters. The van der Waals surface area contributed by atoms with Gasteiger partial charge in [0.05, 0.1) is 12.0 Å². The first-order valence-electron chi connectivity index (χ1n) is 14.2. The van der Waals surface area contributed by atoms with Gasteiger partial charge in [-0.2, -0.15) is 0 Å². The zero-order chi connectivity index (χ0) is 28.4. The maximum atomic E-state index is 12.2. The first-order valence-corrected chi connectivity index (χ1v) is 14.2. The van der Waals surface area contributed by atoms with Crippen molar-refractivity contribution in [1.82, 2.24) is 5.32 Å². The van der Waals surface area contributed by atoms with Gasteiger partial charge in [0, 0.05) is 19.0 Å². The molecule has 1 fully saturated rings. The van der Waals surface area contributed by atoms with E-state index in [1.807, 2.05) is 0 Å². The summed E-state index contributed by atoms with van der Waals surface area (Å²) in [4.78, 5) is 12.2. The van der Waals surface area contributed by atoms with Crippen LogP contribution in [0.2, 0.25) is 0 Å². The molecule has 208 valence electrons. The van der Waals surface area contributed by atoms with Gasteiger partial charge in [-0.25, -0.2) is 4.79 Å². The summed E-state index contributed by atoms with van der Waals surface area (Å²) in [5.74, 6) is 0. The molecule has 0 saturated carbocycles. The van der Waals surface area contributed by atoms with E-state index < -0.39 is 11.6 Å². The van der Waals surface area contributed by atoms with Gasteiger partial charge in [0.15, 0.2) is 0 Å². The quantitative estimate of drug-likeness (QED) is 0.262. The van der Waals surface area contributed by atoms with Crippen LogP contribution in [0.25, 0.3) is 0 Å². The number of aryl methyl sites for hydroxylation is 1. The standard InChI is InChI=1S/C35H45NO3/c1-9-38-32(37)39-30-22-31(36-23-30)35(27-12-10-24(2)11-13-27,28-18-14-25(15-19-28)33(3,4)5)29-20-16-26(17-21-29)34(6,7)8/h10-21,30-31,36H,9,22-23H2,1-8H3/t30-,31?/m1/s1. The summed E-state index contributed by atoms with van der Waals surface area (Å²) in [7, 11) is 0. The van der Waals surface area contributed by atoms with Crippen LogP contribution in [0.1, 0.15) is 88.3 Å². The van der Waals surface area contributed by atoms with Crippen molar-refractivity contribution in [2.45, 2.75) is 90.2 Å². The molecule has 0 bridgehead atoms. The van der Waals surface area contributed by atoms with Crippen molar-refractivity contribution >= 4 is 6.16 Å². The molecule has 39 heavy (non-hydrogen) atoms. The maximum absolute atomic E-state index is 12.2. The predicted molar refractivity (Wildman–Crippen MR) is 160 cm³/mol. The lowest BCUT2D eigenvalue weighted by Crippen LogP contribution is -2.47. The first kappa shape index (κ1) is 28.9. The van der Waals surface area contributed by atoms with Crippen molar-refractivity contribution < 1.29 is 14.3 Å².